The largest absolute Gasteiger partial charge is 0.426 e. The number of esters is 1. The summed E-state index contributed by atoms with van der Waals surface area (Å²) in [6.45, 7) is 5.65. The third-order valence-electron chi connectivity index (χ3n) is 7.00. The molecule has 148 valence electrons. The van der Waals surface area contributed by atoms with E-state index in [4.69, 9.17) is 4.74 Å². The summed E-state index contributed by atoms with van der Waals surface area (Å²) in [4.78, 5) is 17.2. The summed E-state index contributed by atoms with van der Waals surface area (Å²) in [5.74, 6) is 2.45. The first kappa shape index (κ1) is 18.9. The third kappa shape index (κ3) is 4.91. The Kier molecular flexibility index (Phi) is 6.14. The van der Waals surface area contributed by atoms with Crippen LogP contribution in [-0.4, -0.2) is 55.5 Å². The Labute approximate surface area is 163 Å². The summed E-state index contributed by atoms with van der Waals surface area (Å²) in [5, 5.41) is 0. The van der Waals surface area contributed by atoms with Crippen molar-refractivity contribution in [2.75, 3.05) is 39.8 Å². The fourth-order valence-electron chi connectivity index (χ4n) is 5.19. The molecule has 0 aromatic heterocycles. The lowest BCUT2D eigenvalue weighted by Gasteiger charge is -2.39. The Morgan fingerprint density at radius 1 is 1.00 bits per heavy atom. The zero-order valence-electron chi connectivity index (χ0n) is 16.8. The van der Waals surface area contributed by atoms with E-state index in [1.807, 2.05) is 6.07 Å². The molecule has 4 heteroatoms. The topological polar surface area (TPSA) is 32.8 Å². The van der Waals surface area contributed by atoms with Gasteiger partial charge in [-0.25, -0.2) is 0 Å². The van der Waals surface area contributed by atoms with Crippen molar-refractivity contribution >= 4 is 5.97 Å². The van der Waals surface area contributed by atoms with E-state index < -0.39 is 0 Å². The molecule has 2 fully saturated rings. The highest BCUT2D eigenvalue weighted by Crippen LogP contribution is 2.32. The van der Waals surface area contributed by atoms with Gasteiger partial charge in [-0.1, -0.05) is 6.07 Å². The molecule has 1 aliphatic carbocycles. The molecule has 3 aliphatic rings. The maximum absolute atomic E-state index is 12.2. The van der Waals surface area contributed by atoms with Crippen molar-refractivity contribution in [2.45, 2.75) is 51.4 Å². The second kappa shape index (κ2) is 8.74. The van der Waals surface area contributed by atoms with Crippen molar-refractivity contribution in [2.24, 2.45) is 11.8 Å². The van der Waals surface area contributed by atoms with Gasteiger partial charge in [-0.15, -0.1) is 0 Å². The number of piperidine rings is 2. The zero-order chi connectivity index (χ0) is 18.6. The molecule has 0 amide bonds. The maximum Gasteiger partial charge on any atom is 0.312 e. The second-order valence-corrected chi connectivity index (χ2v) is 8.83. The predicted octanol–water partition coefficient (Wildman–Crippen LogP) is 3.52. The molecule has 1 aromatic carbocycles. The highest BCUT2D eigenvalue weighted by Gasteiger charge is 2.28. The van der Waals surface area contributed by atoms with E-state index in [-0.39, 0.29) is 5.97 Å². The van der Waals surface area contributed by atoms with E-state index in [2.05, 4.69) is 29.0 Å². The maximum atomic E-state index is 12.2. The van der Waals surface area contributed by atoms with Crippen molar-refractivity contribution in [3.05, 3.63) is 29.3 Å². The molecule has 1 aromatic rings. The van der Waals surface area contributed by atoms with Crippen LogP contribution in [0.15, 0.2) is 18.2 Å². The van der Waals surface area contributed by atoms with Crippen LogP contribution in [0.5, 0.6) is 5.75 Å². The Morgan fingerprint density at radius 2 is 1.67 bits per heavy atom. The van der Waals surface area contributed by atoms with Crippen LogP contribution in [0.3, 0.4) is 0 Å². The fraction of sp³-hybridized carbons (Fsp3) is 0.696. The number of aryl methyl sites for hydroxylation is 2. The van der Waals surface area contributed by atoms with Gasteiger partial charge in [0.15, 0.2) is 0 Å². The number of hydrogen-bond donors (Lipinski definition) is 0. The number of rotatable bonds is 5. The molecule has 0 saturated carbocycles. The van der Waals surface area contributed by atoms with E-state index in [9.17, 15) is 4.79 Å². The summed E-state index contributed by atoms with van der Waals surface area (Å²) in [6.07, 6.45) is 9.34. The molecule has 0 N–H and O–H groups in total. The van der Waals surface area contributed by atoms with Crippen LogP contribution in [0, 0.1) is 11.8 Å². The number of nitrogens with zero attached hydrogens (tertiary/aromatic N) is 2. The molecule has 0 bridgehead atoms. The summed E-state index contributed by atoms with van der Waals surface area (Å²) in [5.41, 5.74) is 2.78. The lowest BCUT2D eigenvalue weighted by molar-refractivity contribution is -0.134. The van der Waals surface area contributed by atoms with Crippen LogP contribution in [0.1, 0.15) is 49.7 Å². The Balaban J connectivity index is 1.17. The van der Waals surface area contributed by atoms with E-state index in [0.717, 1.165) is 50.1 Å². The van der Waals surface area contributed by atoms with E-state index in [1.54, 1.807) is 0 Å². The molecule has 2 aliphatic heterocycles. The highest BCUT2D eigenvalue weighted by atomic mass is 16.5. The monoisotopic (exact) mass is 370 g/mol. The smallest absolute Gasteiger partial charge is 0.312 e. The van der Waals surface area contributed by atoms with Crippen LogP contribution >= 0.6 is 0 Å². The zero-order valence-corrected chi connectivity index (χ0v) is 16.8. The van der Waals surface area contributed by atoms with Gasteiger partial charge in [-0.05, 0) is 113 Å². The third-order valence-corrected chi connectivity index (χ3v) is 7.00. The normalized spacial score (nSPS) is 22.7. The summed E-state index contributed by atoms with van der Waals surface area (Å²) in [7, 11) is 2.24. The van der Waals surface area contributed by atoms with Gasteiger partial charge in [-0.2, -0.15) is 0 Å². The van der Waals surface area contributed by atoms with Crippen LogP contribution in [0.4, 0.5) is 0 Å². The van der Waals surface area contributed by atoms with Gasteiger partial charge in [-0.3, -0.25) is 4.79 Å². The lowest BCUT2D eigenvalue weighted by Crippen LogP contribution is -2.40. The molecule has 27 heavy (non-hydrogen) atoms. The molecule has 2 heterocycles. The van der Waals surface area contributed by atoms with Gasteiger partial charge in [0.05, 0.1) is 6.42 Å². The minimum Gasteiger partial charge on any atom is -0.426 e. The molecule has 0 unspecified atom stereocenters. The molecular weight excluding hydrogens is 336 g/mol. The predicted molar refractivity (Wildman–Crippen MR) is 108 cm³/mol. The van der Waals surface area contributed by atoms with Crippen molar-refractivity contribution in [3.8, 4) is 5.75 Å². The highest BCUT2D eigenvalue weighted by molar-refractivity contribution is 5.72. The van der Waals surface area contributed by atoms with E-state index in [0.29, 0.717) is 6.42 Å². The number of ether oxygens (including phenoxy) is 1. The Bertz CT molecular complexity index is 644. The number of benzene rings is 1. The number of carbonyl (C=O) groups excluding carboxylic acids is 1. The average molecular weight is 371 g/mol. The first-order chi connectivity index (χ1) is 13.2. The van der Waals surface area contributed by atoms with Gasteiger partial charge < -0.3 is 14.5 Å². The van der Waals surface area contributed by atoms with Crippen molar-refractivity contribution in [3.63, 3.8) is 0 Å². The van der Waals surface area contributed by atoms with Gasteiger partial charge in [0.25, 0.3) is 0 Å². The number of carbonyl (C=O) groups is 1. The van der Waals surface area contributed by atoms with Gasteiger partial charge in [0, 0.05) is 6.54 Å². The Hall–Kier alpha value is -1.39. The van der Waals surface area contributed by atoms with Gasteiger partial charge in [0.1, 0.15) is 5.75 Å². The second-order valence-electron chi connectivity index (χ2n) is 8.83. The standard InChI is InChI=1S/C23H34N2O2/c1-24-12-7-19(8-13-24)20-9-14-25(15-10-20)16-11-23(26)27-22-6-5-18-3-2-4-21(18)17-22/h5-6,17,19-20H,2-4,7-16H2,1H3. The van der Waals surface area contributed by atoms with Crippen LogP contribution in [0.2, 0.25) is 0 Å². The number of fused-ring (bicyclic) bond motifs is 1. The van der Waals surface area contributed by atoms with Crippen LogP contribution in [0.25, 0.3) is 0 Å². The number of hydrogen-bond acceptors (Lipinski definition) is 4. The van der Waals surface area contributed by atoms with E-state index in [1.165, 1.54) is 56.3 Å². The van der Waals surface area contributed by atoms with Crippen LogP contribution in [-0.2, 0) is 17.6 Å². The Morgan fingerprint density at radius 3 is 2.41 bits per heavy atom. The summed E-state index contributed by atoms with van der Waals surface area (Å²) in [6, 6.07) is 6.14. The van der Waals surface area contributed by atoms with Gasteiger partial charge >= 0.3 is 5.97 Å². The quantitative estimate of drug-likeness (QED) is 0.586. The van der Waals surface area contributed by atoms with E-state index >= 15 is 0 Å². The molecule has 0 radical (unpaired) electrons. The van der Waals surface area contributed by atoms with Crippen molar-refractivity contribution < 1.29 is 9.53 Å². The van der Waals surface area contributed by atoms with Crippen LogP contribution < -0.4 is 4.74 Å². The number of likely N-dealkylation sites (tertiary alicyclic amines) is 2. The lowest BCUT2D eigenvalue weighted by atomic mass is 9.79. The molecule has 0 atom stereocenters. The molecule has 0 spiro atoms. The van der Waals surface area contributed by atoms with Crippen molar-refractivity contribution in [1.29, 1.82) is 0 Å². The van der Waals surface area contributed by atoms with Crippen molar-refractivity contribution in [1.82, 2.24) is 9.80 Å². The molecule has 4 nitrogen and oxygen atoms in total. The minimum atomic E-state index is -0.0922. The fourth-order valence-corrected chi connectivity index (χ4v) is 5.19. The average Bonchev–Trinajstić information content (AvgIpc) is 3.15. The molecular formula is C23H34N2O2. The molecule has 4 rings (SSSR count). The van der Waals surface area contributed by atoms with Gasteiger partial charge in [0.2, 0.25) is 0 Å². The molecule has 2 saturated heterocycles. The minimum absolute atomic E-state index is 0.0922. The summed E-state index contributed by atoms with van der Waals surface area (Å²) >= 11 is 0. The first-order valence-electron chi connectivity index (χ1n) is 10.9. The summed E-state index contributed by atoms with van der Waals surface area (Å²) < 4.78 is 5.59. The first-order valence-corrected chi connectivity index (χ1v) is 10.9. The SMILES string of the molecule is CN1CCC(C2CCN(CCC(=O)Oc3ccc4c(c3)CCC4)CC2)CC1.